The highest BCUT2D eigenvalue weighted by molar-refractivity contribution is 5.95. The number of carbonyl (C=O) groups is 1. The van der Waals surface area contributed by atoms with E-state index in [0.29, 0.717) is 35.8 Å². The summed E-state index contributed by atoms with van der Waals surface area (Å²) in [6.07, 6.45) is 3.08. The minimum absolute atomic E-state index is 0.118. The van der Waals surface area contributed by atoms with Crippen LogP contribution >= 0.6 is 0 Å². The van der Waals surface area contributed by atoms with E-state index >= 15 is 0 Å². The SMILES string of the molecule is C=CCOc1ccc(/C=N\NC(=O)c2ccc(C)c([N+](=O)[O-])c2)cc1OCC. The van der Waals surface area contributed by atoms with Crippen molar-refractivity contribution in [3.8, 4) is 11.5 Å². The normalized spacial score (nSPS) is 10.5. The van der Waals surface area contributed by atoms with Crippen molar-refractivity contribution >= 4 is 17.8 Å². The largest absolute Gasteiger partial charge is 0.490 e. The molecule has 0 bridgehead atoms. The maximum Gasteiger partial charge on any atom is 0.273 e. The van der Waals surface area contributed by atoms with E-state index in [1.165, 1.54) is 24.4 Å². The second-order valence-corrected chi connectivity index (χ2v) is 5.70. The number of hydrogen-bond acceptors (Lipinski definition) is 6. The molecule has 0 saturated carbocycles. The number of hydrazone groups is 1. The number of nitrogens with one attached hydrogen (secondary N) is 1. The molecule has 0 saturated heterocycles. The van der Waals surface area contributed by atoms with Gasteiger partial charge in [-0.2, -0.15) is 5.10 Å². The summed E-state index contributed by atoms with van der Waals surface area (Å²) in [5.74, 6) is 0.582. The molecule has 0 aliphatic carbocycles. The molecule has 0 radical (unpaired) electrons. The first kappa shape index (κ1) is 20.6. The van der Waals surface area contributed by atoms with Crippen LogP contribution in [0.4, 0.5) is 5.69 Å². The van der Waals surface area contributed by atoms with Crippen molar-refractivity contribution in [2.75, 3.05) is 13.2 Å². The van der Waals surface area contributed by atoms with Crippen molar-refractivity contribution in [1.29, 1.82) is 0 Å². The number of ether oxygens (including phenoxy) is 2. The minimum atomic E-state index is -0.546. The van der Waals surface area contributed by atoms with Crippen LogP contribution in [0.25, 0.3) is 0 Å². The number of rotatable bonds is 9. The molecule has 0 fully saturated rings. The Kier molecular flexibility index (Phi) is 7.27. The third kappa shape index (κ3) is 5.41. The molecule has 0 atom stereocenters. The Morgan fingerprint density at radius 1 is 1.25 bits per heavy atom. The van der Waals surface area contributed by atoms with E-state index in [-0.39, 0.29) is 11.3 Å². The molecule has 0 aromatic heterocycles. The van der Waals surface area contributed by atoms with Gasteiger partial charge in [-0.1, -0.05) is 18.7 Å². The van der Waals surface area contributed by atoms with E-state index in [9.17, 15) is 14.9 Å². The summed E-state index contributed by atoms with van der Waals surface area (Å²) in [5, 5.41) is 14.9. The van der Waals surface area contributed by atoms with Crippen LogP contribution < -0.4 is 14.9 Å². The lowest BCUT2D eigenvalue weighted by Crippen LogP contribution is -2.17. The van der Waals surface area contributed by atoms with Crippen molar-refractivity contribution in [3.05, 3.63) is 75.9 Å². The van der Waals surface area contributed by atoms with Crippen molar-refractivity contribution < 1.29 is 19.2 Å². The highest BCUT2D eigenvalue weighted by Crippen LogP contribution is 2.28. The van der Waals surface area contributed by atoms with Crippen LogP contribution in [0.15, 0.2) is 54.2 Å². The molecule has 0 spiro atoms. The van der Waals surface area contributed by atoms with Gasteiger partial charge in [0.25, 0.3) is 11.6 Å². The zero-order chi connectivity index (χ0) is 20.5. The lowest BCUT2D eigenvalue weighted by Gasteiger charge is -2.11. The molecule has 2 aromatic carbocycles. The lowest BCUT2D eigenvalue weighted by atomic mass is 10.1. The van der Waals surface area contributed by atoms with Crippen LogP contribution in [0.2, 0.25) is 0 Å². The average molecular weight is 383 g/mol. The van der Waals surface area contributed by atoms with Gasteiger partial charge in [-0.15, -0.1) is 0 Å². The summed E-state index contributed by atoms with van der Waals surface area (Å²) in [5.41, 5.74) is 3.55. The van der Waals surface area contributed by atoms with Crippen molar-refractivity contribution in [3.63, 3.8) is 0 Å². The van der Waals surface area contributed by atoms with Crippen molar-refractivity contribution in [2.24, 2.45) is 5.10 Å². The summed E-state index contributed by atoms with van der Waals surface area (Å²) in [4.78, 5) is 22.6. The zero-order valence-corrected chi connectivity index (χ0v) is 15.7. The number of nitrogens with zero attached hydrogens (tertiary/aromatic N) is 2. The van der Waals surface area contributed by atoms with Gasteiger partial charge in [0.05, 0.1) is 17.7 Å². The highest BCUT2D eigenvalue weighted by atomic mass is 16.6. The Balaban J connectivity index is 2.10. The topological polar surface area (TPSA) is 103 Å². The van der Waals surface area contributed by atoms with Gasteiger partial charge in [0.15, 0.2) is 11.5 Å². The number of benzene rings is 2. The predicted octanol–water partition coefficient (Wildman–Crippen LogP) is 3.63. The Morgan fingerprint density at radius 3 is 2.71 bits per heavy atom. The van der Waals surface area contributed by atoms with Gasteiger partial charge in [0.2, 0.25) is 0 Å². The third-order valence-corrected chi connectivity index (χ3v) is 3.67. The van der Waals surface area contributed by atoms with Crippen LogP contribution in [0.5, 0.6) is 11.5 Å². The minimum Gasteiger partial charge on any atom is -0.490 e. The molecule has 28 heavy (non-hydrogen) atoms. The fourth-order valence-electron chi connectivity index (χ4n) is 2.32. The molecule has 0 aliphatic rings. The molecule has 1 N–H and O–H groups in total. The smallest absolute Gasteiger partial charge is 0.273 e. The molecule has 1 amide bonds. The summed E-state index contributed by atoms with van der Waals surface area (Å²) in [6.45, 7) is 7.89. The first-order chi connectivity index (χ1) is 13.5. The van der Waals surface area contributed by atoms with Gasteiger partial charge in [-0.3, -0.25) is 14.9 Å². The molecule has 0 unspecified atom stereocenters. The number of hydrogen-bond donors (Lipinski definition) is 1. The molecule has 0 aliphatic heterocycles. The Hall–Kier alpha value is -3.68. The molecule has 2 rings (SSSR count). The second-order valence-electron chi connectivity index (χ2n) is 5.70. The average Bonchev–Trinajstić information content (AvgIpc) is 2.67. The van der Waals surface area contributed by atoms with Crippen LogP contribution in [0.3, 0.4) is 0 Å². The van der Waals surface area contributed by atoms with Crippen molar-refractivity contribution in [2.45, 2.75) is 13.8 Å². The number of nitro benzene ring substituents is 1. The van der Waals surface area contributed by atoms with Crippen LogP contribution in [-0.2, 0) is 0 Å². The zero-order valence-electron chi connectivity index (χ0n) is 15.7. The fourth-order valence-corrected chi connectivity index (χ4v) is 2.32. The molecule has 8 nitrogen and oxygen atoms in total. The number of carbonyl (C=O) groups excluding carboxylic acids is 1. The van der Waals surface area contributed by atoms with E-state index in [4.69, 9.17) is 9.47 Å². The van der Waals surface area contributed by atoms with Gasteiger partial charge < -0.3 is 9.47 Å². The predicted molar refractivity (Wildman–Crippen MR) is 106 cm³/mol. The van der Waals surface area contributed by atoms with E-state index in [0.717, 1.165) is 0 Å². The Bertz CT molecular complexity index is 909. The molecular weight excluding hydrogens is 362 g/mol. The van der Waals surface area contributed by atoms with E-state index in [1.807, 2.05) is 6.92 Å². The first-order valence-electron chi connectivity index (χ1n) is 8.55. The summed E-state index contributed by atoms with van der Waals surface area (Å²) in [6, 6.07) is 9.47. The van der Waals surface area contributed by atoms with Crippen molar-refractivity contribution in [1.82, 2.24) is 5.43 Å². The van der Waals surface area contributed by atoms with Crippen LogP contribution in [0.1, 0.15) is 28.4 Å². The van der Waals surface area contributed by atoms with E-state index < -0.39 is 10.8 Å². The summed E-state index contributed by atoms with van der Waals surface area (Å²) < 4.78 is 11.1. The van der Waals surface area contributed by atoms with E-state index in [2.05, 4.69) is 17.1 Å². The summed E-state index contributed by atoms with van der Waals surface area (Å²) in [7, 11) is 0. The Labute approximate surface area is 162 Å². The van der Waals surface area contributed by atoms with Gasteiger partial charge in [0.1, 0.15) is 6.61 Å². The van der Waals surface area contributed by atoms with Gasteiger partial charge in [-0.05, 0) is 43.7 Å². The molecule has 2 aromatic rings. The monoisotopic (exact) mass is 383 g/mol. The third-order valence-electron chi connectivity index (χ3n) is 3.67. The quantitative estimate of drug-likeness (QED) is 0.308. The lowest BCUT2D eigenvalue weighted by molar-refractivity contribution is -0.385. The molecule has 8 heteroatoms. The first-order valence-corrected chi connectivity index (χ1v) is 8.55. The number of aryl methyl sites for hydroxylation is 1. The molecular formula is C20H21N3O5. The molecule has 0 heterocycles. The highest BCUT2D eigenvalue weighted by Gasteiger charge is 2.14. The van der Waals surface area contributed by atoms with Gasteiger partial charge in [-0.25, -0.2) is 5.43 Å². The van der Waals surface area contributed by atoms with Crippen LogP contribution in [-0.4, -0.2) is 30.3 Å². The standard InChI is InChI=1S/C20H21N3O5/c1-4-10-28-18-9-7-15(11-19(18)27-5-2)13-21-22-20(24)16-8-6-14(3)17(12-16)23(25)26/h4,6-9,11-13H,1,5,10H2,2-3H3,(H,22,24)/b21-13-. The fraction of sp³-hybridized carbons (Fsp3) is 0.200. The second kappa shape index (κ2) is 9.86. The van der Waals surface area contributed by atoms with Crippen LogP contribution in [0, 0.1) is 17.0 Å². The van der Waals surface area contributed by atoms with Gasteiger partial charge in [0, 0.05) is 17.2 Å². The number of amides is 1. The van der Waals surface area contributed by atoms with E-state index in [1.54, 1.807) is 31.2 Å². The maximum absolute atomic E-state index is 12.2. The maximum atomic E-state index is 12.2. The summed E-state index contributed by atoms with van der Waals surface area (Å²) >= 11 is 0. The molecule has 146 valence electrons. The van der Waals surface area contributed by atoms with Gasteiger partial charge >= 0.3 is 0 Å². The Morgan fingerprint density at radius 2 is 2.04 bits per heavy atom. The number of nitro groups is 1.